The van der Waals surface area contributed by atoms with E-state index in [1.54, 1.807) is 11.0 Å². The summed E-state index contributed by atoms with van der Waals surface area (Å²) in [5.41, 5.74) is 2.53. The van der Waals surface area contributed by atoms with Crippen LogP contribution in [0, 0.1) is 10.1 Å². The summed E-state index contributed by atoms with van der Waals surface area (Å²) < 4.78 is 0. The van der Waals surface area contributed by atoms with Crippen molar-refractivity contribution in [2.45, 2.75) is 45.1 Å². The fraction of sp³-hybridized carbons (Fsp3) is 0.438. The van der Waals surface area contributed by atoms with E-state index in [0.717, 1.165) is 23.2 Å². The molecule has 110 valence electrons. The Morgan fingerprint density at radius 3 is 2.67 bits per heavy atom. The summed E-state index contributed by atoms with van der Waals surface area (Å²) >= 11 is 0. The molecule has 2 aliphatic rings. The molecule has 1 saturated heterocycles. The number of hydrogen-bond donors (Lipinski definition) is 0. The van der Waals surface area contributed by atoms with E-state index in [1.165, 1.54) is 6.07 Å². The van der Waals surface area contributed by atoms with Gasteiger partial charge in [0.15, 0.2) is 0 Å². The van der Waals surface area contributed by atoms with Crippen LogP contribution in [0.25, 0.3) is 5.70 Å². The Hall–Kier alpha value is -2.17. The van der Waals surface area contributed by atoms with Crippen LogP contribution >= 0.6 is 0 Å². The molecule has 0 saturated carbocycles. The Bertz CT molecular complexity index is 676. The lowest BCUT2D eigenvalue weighted by Crippen LogP contribution is -2.28. The molecule has 1 aromatic rings. The minimum atomic E-state index is -0.390. The van der Waals surface area contributed by atoms with Gasteiger partial charge in [0, 0.05) is 41.3 Å². The van der Waals surface area contributed by atoms with Crippen LogP contribution in [0.4, 0.5) is 5.69 Å². The summed E-state index contributed by atoms with van der Waals surface area (Å²) in [5.74, 6) is 0.101. The Balaban J connectivity index is 2.15. The highest BCUT2D eigenvalue weighted by molar-refractivity contribution is 5.92. The minimum Gasteiger partial charge on any atom is -0.309 e. The maximum atomic E-state index is 12.2. The molecule has 0 bridgehead atoms. The molecule has 1 heterocycles. The van der Waals surface area contributed by atoms with Gasteiger partial charge in [0.25, 0.3) is 5.69 Å². The van der Waals surface area contributed by atoms with E-state index in [0.29, 0.717) is 6.42 Å². The van der Waals surface area contributed by atoms with Gasteiger partial charge < -0.3 is 4.90 Å². The van der Waals surface area contributed by atoms with Crippen molar-refractivity contribution >= 4 is 17.3 Å². The Morgan fingerprint density at radius 2 is 2.10 bits per heavy atom. The van der Waals surface area contributed by atoms with E-state index >= 15 is 0 Å². The van der Waals surface area contributed by atoms with Gasteiger partial charge in [-0.25, -0.2) is 0 Å². The fourth-order valence-corrected chi connectivity index (χ4v) is 3.32. The smallest absolute Gasteiger partial charge is 0.270 e. The van der Waals surface area contributed by atoms with Crippen LogP contribution in [0.3, 0.4) is 0 Å². The minimum absolute atomic E-state index is 0.0663. The van der Waals surface area contributed by atoms with Gasteiger partial charge in [-0.1, -0.05) is 19.9 Å². The van der Waals surface area contributed by atoms with Gasteiger partial charge in [-0.15, -0.1) is 0 Å². The van der Waals surface area contributed by atoms with Crippen LogP contribution < -0.4 is 0 Å². The molecule has 1 aromatic carbocycles. The van der Waals surface area contributed by atoms with Crippen LogP contribution in [-0.2, 0) is 10.2 Å². The topological polar surface area (TPSA) is 63.5 Å². The molecule has 1 aliphatic carbocycles. The molecule has 21 heavy (non-hydrogen) atoms. The van der Waals surface area contributed by atoms with Gasteiger partial charge in [0.2, 0.25) is 5.91 Å². The average molecular weight is 286 g/mol. The normalized spacial score (nSPS) is 23.2. The zero-order valence-corrected chi connectivity index (χ0v) is 12.4. The SMILES string of the molecule is C[C@H]1CCC(=O)N1C1=CC(C)(C)c2ccc([N+](=O)[O-])cc21. The van der Waals surface area contributed by atoms with Crippen molar-refractivity contribution in [3.63, 3.8) is 0 Å². The number of carbonyl (C=O) groups is 1. The van der Waals surface area contributed by atoms with Crippen LogP contribution in [0.2, 0.25) is 0 Å². The molecular formula is C16H18N2O3. The van der Waals surface area contributed by atoms with E-state index in [4.69, 9.17) is 0 Å². The molecule has 3 rings (SSSR count). The largest absolute Gasteiger partial charge is 0.309 e. The summed E-state index contributed by atoms with van der Waals surface area (Å²) in [6.07, 6.45) is 3.44. The molecule has 5 heteroatoms. The Morgan fingerprint density at radius 1 is 1.38 bits per heavy atom. The molecule has 1 aliphatic heterocycles. The van der Waals surface area contributed by atoms with E-state index in [1.807, 2.05) is 13.0 Å². The molecule has 1 atom stereocenters. The number of carbonyl (C=O) groups excluding carboxylic acids is 1. The van der Waals surface area contributed by atoms with Crippen molar-refractivity contribution < 1.29 is 9.72 Å². The van der Waals surface area contributed by atoms with Crippen molar-refractivity contribution in [3.05, 3.63) is 45.5 Å². The summed E-state index contributed by atoms with van der Waals surface area (Å²) in [6.45, 7) is 6.15. The summed E-state index contributed by atoms with van der Waals surface area (Å²) in [6, 6.07) is 5.08. The van der Waals surface area contributed by atoms with E-state index in [9.17, 15) is 14.9 Å². The first kappa shape index (κ1) is 13.8. The van der Waals surface area contributed by atoms with Gasteiger partial charge in [0.05, 0.1) is 4.92 Å². The zero-order valence-electron chi connectivity index (χ0n) is 12.4. The molecule has 0 spiro atoms. The van der Waals surface area contributed by atoms with E-state index in [2.05, 4.69) is 19.9 Å². The average Bonchev–Trinajstić information content (AvgIpc) is 2.87. The number of hydrogen-bond acceptors (Lipinski definition) is 3. The van der Waals surface area contributed by atoms with Crippen molar-refractivity contribution in [2.24, 2.45) is 0 Å². The summed E-state index contributed by atoms with van der Waals surface area (Å²) in [4.78, 5) is 24.6. The van der Waals surface area contributed by atoms with Crippen LogP contribution in [0.5, 0.6) is 0 Å². The second-order valence-corrected chi connectivity index (χ2v) is 6.39. The maximum absolute atomic E-state index is 12.2. The van der Waals surface area contributed by atoms with Crippen LogP contribution in [0.15, 0.2) is 24.3 Å². The quantitative estimate of drug-likeness (QED) is 0.619. The second-order valence-electron chi connectivity index (χ2n) is 6.39. The number of nitro benzene ring substituents is 1. The Labute approximate surface area is 123 Å². The molecule has 0 radical (unpaired) electrons. The predicted molar refractivity (Wildman–Crippen MR) is 79.6 cm³/mol. The number of nitrogens with zero attached hydrogens (tertiary/aromatic N) is 2. The lowest BCUT2D eigenvalue weighted by atomic mass is 9.87. The summed E-state index contributed by atoms with van der Waals surface area (Å²) in [5, 5.41) is 11.0. The van der Waals surface area contributed by atoms with Gasteiger partial charge >= 0.3 is 0 Å². The van der Waals surface area contributed by atoms with Crippen molar-refractivity contribution in [1.82, 2.24) is 4.90 Å². The first-order valence-corrected chi connectivity index (χ1v) is 7.15. The molecule has 1 fully saturated rings. The van der Waals surface area contributed by atoms with Crippen LogP contribution in [0.1, 0.15) is 44.7 Å². The Kier molecular flexibility index (Phi) is 2.90. The van der Waals surface area contributed by atoms with Gasteiger partial charge in [-0.3, -0.25) is 14.9 Å². The number of allylic oxidation sites excluding steroid dienone is 1. The van der Waals surface area contributed by atoms with E-state index in [-0.39, 0.29) is 23.1 Å². The van der Waals surface area contributed by atoms with Crippen molar-refractivity contribution in [2.75, 3.05) is 0 Å². The molecule has 5 nitrogen and oxygen atoms in total. The molecule has 0 N–H and O–H groups in total. The highest BCUT2D eigenvalue weighted by Gasteiger charge is 2.39. The number of amides is 1. The van der Waals surface area contributed by atoms with Crippen LogP contribution in [-0.4, -0.2) is 21.8 Å². The molecule has 1 amide bonds. The third-order valence-electron chi connectivity index (χ3n) is 4.43. The number of rotatable bonds is 2. The van der Waals surface area contributed by atoms with Gasteiger partial charge in [-0.05, 0) is 25.0 Å². The number of fused-ring (bicyclic) bond motifs is 1. The number of non-ortho nitro benzene ring substituents is 1. The third kappa shape index (κ3) is 2.04. The van der Waals surface area contributed by atoms with Gasteiger partial charge in [-0.2, -0.15) is 0 Å². The number of benzene rings is 1. The number of likely N-dealkylation sites (tertiary alicyclic amines) is 1. The first-order valence-electron chi connectivity index (χ1n) is 7.15. The predicted octanol–water partition coefficient (Wildman–Crippen LogP) is 3.24. The maximum Gasteiger partial charge on any atom is 0.270 e. The van der Waals surface area contributed by atoms with Crippen molar-refractivity contribution in [3.8, 4) is 0 Å². The summed E-state index contributed by atoms with van der Waals surface area (Å²) in [7, 11) is 0. The van der Waals surface area contributed by atoms with Crippen molar-refractivity contribution in [1.29, 1.82) is 0 Å². The lowest BCUT2D eigenvalue weighted by Gasteiger charge is -2.23. The second kappa shape index (κ2) is 4.41. The molecule has 0 unspecified atom stereocenters. The van der Waals surface area contributed by atoms with Gasteiger partial charge in [0.1, 0.15) is 0 Å². The highest BCUT2D eigenvalue weighted by atomic mass is 16.6. The molecular weight excluding hydrogens is 268 g/mol. The standard InChI is InChI=1S/C16H18N2O3/c1-10-4-7-15(19)17(10)14-9-16(2,3)13-6-5-11(18(20)21)8-12(13)14/h5-6,8-10H,4,7H2,1-3H3/t10-/m0/s1. The number of nitro groups is 1. The molecule has 0 aromatic heterocycles. The fourth-order valence-electron chi connectivity index (χ4n) is 3.32. The third-order valence-corrected chi connectivity index (χ3v) is 4.43. The zero-order chi connectivity index (χ0) is 15.4. The highest BCUT2D eigenvalue weighted by Crippen LogP contribution is 2.45. The monoisotopic (exact) mass is 286 g/mol. The first-order chi connectivity index (χ1) is 9.81. The van der Waals surface area contributed by atoms with E-state index < -0.39 is 4.92 Å². The lowest BCUT2D eigenvalue weighted by molar-refractivity contribution is -0.384.